The van der Waals surface area contributed by atoms with Crippen molar-refractivity contribution in [3.63, 3.8) is 0 Å². The van der Waals surface area contributed by atoms with Crippen molar-refractivity contribution >= 4 is 34.2 Å². The van der Waals surface area contributed by atoms with Crippen molar-refractivity contribution in [3.8, 4) is 0 Å². The molecule has 5 nitrogen and oxygen atoms in total. The molecule has 1 heterocycles. The van der Waals surface area contributed by atoms with Crippen molar-refractivity contribution in [2.24, 2.45) is 0 Å². The first-order valence-electron chi connectivity index (χ1n) is 6.66. The first-order chi connectivity index (χ1) is 10.7. The zero-order valence-electron chi connectivity index (χ0n) is 11.6. The zero-order chi connectivity index (χ0) is 15.5. The van der Waals surface area contributed by atoms with Crippen LogP contribution in [-0.2, 0) is 5.75 Å². The maximum Gasteiger partial charge on any atom is 0.325 e. The fourth-order valence-corrected chi connectivity index (χ4v) is 3.39. The van der Waals surface area contributed by atoms with Gasteiger partial charge in [0, 0.05) is 11.1 Å². The average Bonchev–Trinajstić information content (AvgIpc) is 2.52. The summed E-state index contributed by atoms with van der Waals surface area (Å²) in [6.45, 7) is 0. The van der Waals surface area contributed by atoms with Crippen LogP contribution in [0, 0.1) is 10.1 Å². The summed E-state index contributed by atoms with van der Waals surface area (Å²) in [7, 11) is 0. The highest BCUT2D eigenvalue weighted by atomic mass is 32.2. The molecule has 2 aromatic carbocycles. The third kappa shape index (κ3) is 2.73. The minimum atomic E-state index is -0.456. The molecule has 6 heteroatoms. The van der Waals surface area contributed by atoms with Gasteiger partial charge in [0.25, 0.3) is 0 Å². The lowest BCUT2D eigenvalue weighted by atomic mass is 10.2. The van der Waals surface area contributed by atoms with Crippen molar-refractivity contribution in [2.45, 2.75) is 10.6 Å². The van der Waals surface area contributed by atoms with Crippen molar-refractivity contribution in [1.29, 1.82) is 0 Å². The Morgan fingerprint density at radius 3 is 2.50 bits per heavy atom. The SMILES string of the molecule is Nc1nc2ccccc2c(SCc2ccccc2)c1[N+](=O)[O-]. The Balaban J connectivity index is 2.09. The molecule has 0 saturated heterocycles. The Kier molecular flexibility index (Phi) is 3.93. The molecule has 0 amide bonds. The molecule has 0 radical (unpaired) electrons. The van der Waals surface area contributed by atoms with E-state index >= 15 is 0 Å². The number of nitrogens with two attached hydrogens (primary N) is 1. The lowest BCUT2D eigenvalue weighted by Crippen LogP contribution is -2.01. The van der Waals surface area contributed by atoms with E-state index in [1.807, 2.05) is 54.6 Å². The molecule has 0 fully saturated rings. The van der Waals surface area contributed by atoms with Crippen LogP contribution in [-0.4, -0.2) is 9.91 Å². The predicted molar refractivity (Wildman–Crippen MR) is 88.8 cm³/mol. The summed E-state index contributed by atoms with van der Waals surface area (Å²) in [6.07, 6.45) is 0. The standard InChI is InChI=1S/C16H13N3O2S/c17-16-14(19(20)21)15(12-8-4-5-9-13(12)18-16)22-10-11-6-2-1-3-7-11/h1-9H,10H2,(H2,17,18). The highest BCUT2D eigenvalue weighted by Gasteiger charge is 2.23. The van der Waals surface area contributed by atoms with Gasteiger partial charge in [-0.05, 0) is 11.6 Å². The van der Waals surface area contributed by atoms with Gasteiger partial charge in [-0.15, -0.1) is 11.8 Å². The Labute approximate surface area is 131 Å². The molecule has 110 valence electrons. The normalized spacial score (nSPS) is 10.7. The Hall–Kier alpha value is -2.60. The Bertz CT molecular complexity index is 837. The molecule has 1 aromatic heterocycles. The molecule has 0 bridgehead atoms. The fraction of sp³-hybridized carbons (Fsp3) is 0.0625. The van der Waals surface area contributed by atoms with Gasteiger partial charge in [-0.1, -0.05) is 48.5 Å². The molecule has 2 N–H and O–H groups in total. The number of nitrogens with zero attached hydrogens (tertiary/aromatic N) is 2. The number of nitro groups is 1. The molecule has 0 atom stereocenters. The molecular formula is C16H13N3O2S. The van der Waals surface area contributed by atoms with Gasteiger partial charge in [-0.25, -0.2) is 4.98 Å². The van der Waals surface area contributed by atoms with Crippen LogP contribution in [0.25, 0.3) is 10.9 Å². The zero-order valence-corrected chi connectivity index (χ0v) is 12.4. The summed E-state index contributed by atoms with van der Waals surface area (Å²) in [5, 5.41) is 12.1. The third-order valence-electron chi connectivity index (χ3n) is 3.26. The number of fused-ring (bicyclic) bond motifs is 1. The lowest BCUT2D eigenvalue weighted by Gasteiger charge is -2.09. The van der Waals surface area contributed by atoms with Gasteiger partial charge in [-0.3, -0.25) is 10.1 Å². The molecule has 0 aliphatic carbocycles. The Morgan fingerprint density at radius 1 is 1.09 bits per heavy atom. The van der Waals surface area contributed by atoms with E-state index in [-0.39, 0.29) is 11.5 Å². The fourth-order valence-electron chi connectivity index (χ4n) is 2.24. The van der Waals surface area contributed by atoms with E-state index in [2.05, 4.69) is 4.98 Å². The van der Waals surface area contributed by atoms with Crippen LogP contribution in [0.1, 0.15) is 5.56 Å². The van der Waals surface area contributed by atoms with Gasteiger partial charge >= 0.3 is 5.69 Å². The molecule has 0 saturated carbocycles. The Morgan fingerprint density at radius 2 is 1.77 bits per heavy atom. The number of benzene rings is 2. The number of anilines is 1. The van der Waals surface area contributed by atoms with E-state index in [0.717, 1.165) is 10.9 Å². The van der Waals surface area contributed by atoms with E-state index in [1.54, 1.807) is 0 Å². The molecular weight excluding hydrogens is 298 g/mol. The highest BCUT2D eigenvalue weighted by Crippen LogP contribution is 2.40. The van der Waals surface area contributed by atoms with Crippen LogP contribution >= 0.6 is 11.8 Å². The van der Waals surface area contributed by atoms with Crippen LogP contribution in [0.5, 0.6) is 0 Å². The first kappa shape index (κ1) is 14.3. The van der Waals surface area contributed by atoms with Gasteiger partial charge < -0.3 is 5.73 Å². The summed E-state index contributed by atoms with van der Waals surface area (Å²) in [5.41, 5.74) is 7.45. The minimum absolute atomic E-state index is 0.0424. The second-order valence-corrected chi connectivity index (χ2v) is 5.71. The van der Waals surface area contributed by atoms with E-state index in [4.69, 9.17) is 5.73 Å². The minimum Gasteiger partial charge on any atom is -0.378 e. The molecule has 3 rings (SSSR count). The number of nitrogen functional groups attached to an aromatic ring is 1. The van der Waals surface area contributed by atoms with Gasteiger partial charge in [-0.2, -0.15) is 0 Å². The largest absolute Gasteiger partial charge is 0.378 e. The monoisotopic (exact) mass is 311 g/mol. The number of hydrogen-bond donors (Lipinski definition) is 1. The third-order valence-corrected chi connectivity index (χ3v) is 4.44. The molecule has 3 aromatic rings. The van der Waals surface area contributed by atoms with E-state index in [9.17, 15) is 10.1 Å². The molecule has 22 heavy (non-hydrogen) atoms. The van der Waals surface area contributed by atoms with Crippen molar-refractivity contribution < 1.29 is 4.92 Å². The van der Waals surface area contributed by atoms with Crippen molar-refractivity contribution in [2.75, 3.05) is 5.73 Å². The number of aromatic nitrogens is 1. The topological polar surface area (TPSA) is 82.0 Å². The number of thioether (sulfide) groups is 1. The summed E-state index contributed by atoms with van der Waals surface area (Å²) in [5.74, 6) is 0.592. The van der Waals surface area contributed by atoms with Crippen LogP contribution in [0.4, 0.5) is 11.5 Å². The summed E-state index contributed by atoms with van der Waals surface area (Å²) in [6, 6.07) is 17.1. The number of para-hydroxylation sites is 1. The number of pyridine rings is 1. The smallest absolute Gasteiger partial charge is 0.325 e. The number of hydrogen-bond acceptors (Lipinski definition) is 5. The molecule has 0 spiro atoms. The molecule has 0 unspecified atom stereocenters. The highest BCUT2D eigenvalue weighted by molar-refractivity contribution is 7.98. The maximum atomic E-state index is 11.4. The maximum absolute atomic E-state index is 11.4. The first-order valence-corrected chi connectivity index (χ1v) is 7.64. The summed E-state index contributed by atoms with van der Waals surface area (Å²) >= 11 is 1.41. The predicted octanol–water partition coefficient (Wildman–Crippen LogP) is 4.02. The van der Waals surface area contributed by atoms with Gasteiger partial charge in [0.2, 0.25) is 5.82 Å². The second-order valence-electron chi connectivity index (χ2n) is 4.72. The van der Waals surface area contributed by atoms with E-state index < -0.39 is 4.92 Å². The second kappa shape index (κ2) is 6.03. The van der Waals surface area contributed by atoms with Crippen molar-refractivity contribution in [1.82, 2.24) is 4.98 Å². The average molecular weight is 311 g/mol. The van der Waals surface area contributed by atoms with Crippen LogP contribution in [0.3, 0.4) is 0 Å². The summed E-state index contributed by atoms with van der Waals surface area (Å²) < 4.78 is 0. The van der Waals surface area contributed by atoms with Crippen LogP contribution in [0.15, 0.2) is 59.5 Å². The quantitative estimate of drug-likeness (QED) is 0.447. The van der Waals surface area contributed by atoms with Gasteiger partial charge in [0.15, 0.2) is 0 Å². The van der Waals surface area contributed by atoms with E-state index in [0.29, 0.717) is 16.2 Å². The van der Waals surface area contributed by atoms with Crippen LogP contribution in [0.2, 0.25) is 0 Å². The molecule has 0 aliphatic heterocycles. The van der Waals surface area contributed by atoms with E-state index in [1.165, 1.54) is 11.8 Å². The number of rotatable bonds is 4. The van der Waals surface area contributed by atoms with Crippen molar-refractivity contribution in [3.05, 3.63) is 70.3 Å². The summed E-state index contributed by atoms with van der Waals surface area (Å²) in [4.78, 5) is 15.6. The molecule has 0 aliphatic rings. The van der Waals surface area contributed by atoms with Gasteiger partial charge in [0.05, 0.1) is 15.3 Å². The van der Waals surface area contributed by atoms with Gasteiger partial charge in [0.1, 0.15) is 0 Å². The van der Waals surface area contributed by atoms with Crippen LogP contribution < -0.4 is 5.73 Å². The lowest BCUT2D eigenvalue weighted by molar-refractivity contribution is -0.386.